The second-order valence-corrected chi connectivity index (χ2v) is 4.43. The highest BCUT2D eigenvalue weighted by molar-refractivity contribution is 5.97. The van der Waals surface area contributed by atoms with E-state index in [9.17, 15) is 9.90 Å². The van der Waals surface area contributed by atoms with Gasteiger partial charge in [-0.1, -0.05) is 19.8 Å². The van der Waals surface area contributed by atoms with Crippen molar-refractivity contribution in [1.82, 2.24) is 5.32 Å². The van der Waals surface area contributed by atoms with Crippen LogP contribution in [0, 0.1) is 0 Å². The number of nitrogens with one attached hydrogen (secondary N) is 1. The van der Waals surface area contributed by atoms with Gasteiger partial charge in [-0.05, 0) is 24.6 Å². The summed E-state index contributed by atoms with van der Waals surface area (Å²) in [6.07, 6.45) is 2.90. The quantitative estimate of drug-likeness (QED) is 0.700. The highest BCUT2D eigenvalue weighted by atomic mass is 16.5. The number of phenols is 1. The van der Waals surface area contributed by atoms with Gasteiger partial charge in [0.05, 0.1) is 12.7 Å². The van der Waals surface area contributed by atoms with Crippen molar-refractivity contribution in [2.45, 2.75) is 32.2 Å². The maximum atomic E-state index is 12.1. The summed E-state index contributed by atoms with van der Waals surface area (Å²) in [6.45, 7) is 2.47. The Morgan fingerprint density at radius 1 is 1.53 bits per heavy atom. The first-order chi connectivity index (χ1) is 9.12. The number of methoxy groups -OCH3 is 1. The molecular weight excluding hydrogens is 244 g/mol. The normalized spacial score (nSPS) is 11.9. The monoisotopic (exact) mass is 266 g/mol. The highest BCUT2D eigenvalue weighted by Gasteiger charge is 2.16. The second kappa shape index (κ2) is 7.63. The third-order valence-electron chi connectivity index (χ3n) is 2.97. The number of ether oxygens (including phenoxy) is 1. The number of carbonyl (C=O) groups excluding carboxylic acids is 1. The minimum atomic E-state index is -0.331. The zero-order valence-corrected chi connectivity index (χ0v) is 11.5. The second-order valence-electron chi connectivity index (χ2n) is 4.43. The standard InChI is InChI=1S/C14H22N2O3/c1-3-4-5-10(9-15)16-14(18)12-8-11(19-2)6-7-13(12)17/h6-8,10,17H,3-5,9,15H2,1-2H3,(H,16,18). The fraction of sp³-hybridized carbons (Fsp3) is 0.500. The van der Waals surface area contributed by atoms with E-state index in [0.717, 1.165) is 19.3 Å². The van der Waals surface area contributed by atoms with E-state index in [2.05, 4.69) is 12.2 Å². The first-order valence-electron chi connectivity index (χ1n) is 6.50. The molecule has 0 bridgehead atoms. The summed E-state index contributed by atoms with van der Waals surface area (Å²) >= 11 is 0. The molecule has 4 N–H and O–H groups in total. The first-order valence-corrected chi connectivity index (χ1v) is 6.50. The van der Waals surface area contributed by atoms with Crippen LogP contribution in [0.2, 0.25) is 0 Å². The van der Waals surface area contributed by atoms with Gasteiger partial charge in [-0.15, -0.1) is 0 Å². The number of carbonyl (C=O) groups is 1. The largest absolute Gasteiger partial charge is 0.507 e. The van der Waals surface area contributed by atoms with Crippen LogP contribution in [0.3, 0.4) is 0 Å². The smallest absolute Gasteiger partial charge is 0.255 e. The summed E-state index contributed by atoms with van der Waals surface area (Å²) in [6, 6.07) is 4.48. The molecule has 0 heterocycles. The molecule has 5 nitrogen and oxygen atoms in total. The lowest BCUT2D eigenvalue weighted by Crippen LogP contribution is -2.40. The molecule has 5 heteroatoms. The fourth-order valence-corrected chi connectivity index (χ4v) is 1.79. The van der Waals surface area contributed by atoms with E-state index in [1.807, 2.05) is 0 Å². The van der Waals surface area contributed by atoms with Gasteiger partial charge in [-0.2, -0.15) is 0 Å². The van der Waals surface area contributed by atoms with Gasteiger partial charge in [0.2, 0.25) is 0 Å². The number of rotatable bonds is 7. The third-order valence-corrected chi connectivity index (χ3v) is 2.97. The molecule has 0 aliphatic heterocycles. The molecule has 0 fully saturated rings. The van der Waals surface area contributed by atoms with Gasteiger partial charge in [0, 0.05) is 12.6 Å². The van der Waals surface area contributed by atoms with Crippen LogP contribution in [0.25, 0.3) is 0 Å². The third kappa shape index (κ3) is 4.44. The summed E-state index contributed by atoms with van der Waals surface area (Å²) in [5.74, 6) is 0.133. The van der Waals surface area contributed by atoms with Crippen molar-refractivity contribution in [2.75, 3.05) is 13.7 Å². The van der Waals surface area contributed by atoms with Crippen molar-refractivity contribution >= 4 is 5.91 Å². The lowest BCUT2D eigenvalue weighted by Gasteiger charge is -2.17. The van der Waals surface area contributed by atoms with Crippen molar-refractivity contribution in [3.05, 3.63) is 23.8 Å². The van der Waals surface area contributed by atoms with Crippen LogP contribution in [0.15, 0.2) is 18.2 Å². The molecular formula is C14H22N2O3. The summed E-state index contributed by atoms with van der Waals surface area (Å²) < 4.78 is 5.04. The van der Waals surface area contributed by atoms with Crippen LogP contribution in [0.1, 0.15) is 36.5 Å². The molecule has 1 rings (SSSR count). The van der Waals surface area contributed by atoms with E-state index in [0.29, 0.717) is 12.3 Å². The molecule has 1 aromatic carbocycles. The van der Waals surface area contributed by atoms with E-state index >= 15 is 0 Å². The van der Waals surface area contributed by atoms with Crippen molar-refractivity contribution < 1.29 is 14.6 Å². The average Bonchev–Trinajstić information content (AvgIpc) is 2.43. The van der Waals surface area contributed by atoms with E-state index < -0.39 is 0 Å². The van der Waals surface area contributed by atoms with Crippen molar-refractivity contribution in [1.29, 1.82) is 0 Å². The van der Waals surface area contributed by atoms with E-state index in [1.165, 1.54) is 19.2 Å². The average molecular weight is 266 g/mol. The molecule has 1 aromatic rings. The number of unbranched alkanes of at least 4 members (excludes halogenated alkanes) is 1. The summed E-state index contributed by atoms with van der Waals surface area (Å²) in [5.41, 5.74) is 5.84. The van der Waals surface area contributed by atoms with Gasteiger partial charge in [0.1, 0.15) is 11.5 Å². The van der Waals surface area contributed by atoms with Crippen LogP contribution in [-0.4, -0.2) is 30.7 Å². The number of hydrogen-bond donors (Lipinski definition) is 3. The van der Waals surface area contributed by atoms with Crippen LogP contribution in [-0.2, 0) is 0 Å². The van der Waals surface area contributed by atoms with Gasteiger partial charge in [-0.25, -0.2) is 0 Å². The predicted octanol–water partition coefficient (Wildman–Crippen LogP) is 1.65. The number of phenolic OH excluding ortho intramolecular Hbond substituents is 1. The van der Waals surface area contributed by atoms with Gasteiger partial charge in [0.25, 0.3) is 5.91 Å². The van der Waals surface area contributed by atoms with Crippen LogP contribution < -0.4 is 15.8 Å². The molecule has 0 saturated heterocycles. The zero-order chi connectivity index (χ0) is 14.3. The topological polar surface area (TPSA) is 84.6 Å². The minimum Gasteiger partial charge on any atom is -0.507 e. The maximum absolute atomic E-state index is 12.1. The number of aromatic hydroxyl groups is 1. The van der Waals surface area contributed by atoms with Gasteiger partial charge >= 0.3 is 0 Å². The Morgan fingerprint density at radius 2 is 2.26 bits per heavy atom. The van der Waals surface area contributed by atoms with Crippen LogP contribution >= 0.6 is 0 Å². The summed E-state index contributed by atoms with van der Waals surface area (Å²) in [4.78, 5) is 12.1. The number of amides is 1. The van der Waals surface area contributed by atoms with Crippen molar-refractivity contribution in [3.63, 3.8) is 0 Å². The Balaban J connectivity index is 2.76. The molecule has 0 radical (unpaired) electrons. The van der Waals surface area contributed by atoms with Gasteiger partial charge < -0.3 is 20.9 Å². The van der Waals surface area contributed by atoms with E-state index in [1.54, 1.807) is 6.07 Å². The van der Waals surface area contributed by atoms with Crippen molar-refractivity contribution in [3.8, 4) is 11.5 Å². The number of nitrogens with two attached hydrogens (primary N) is 1. The summed E-state index contributed by atoms with van der Waals surface area (Å²) in [7, 11) is 1.51. The Kier molecular flexibility index (Phi) is 6.15. The lowest BCUT2D eigenvalue weighted by molar-refractivity contribution is 0.0932. The Morgan fingerprint density at radius 3 is 2.84 bits per heavy atom. The molecule has 19 heavy (non-hydrogen) atoms. The molecule has 1 atom stereocenters. The molecule has 0 aliphatic rings. The van der Waals surface area contributed by atoms with Crippen molar-refractivity contribution in [2.24, 2.45) is 5.73 Å². The summed E-state index contributed by atoms with van der Waals surface area (Å²) in [5, 5.41) is 12.5. The Hall–Kier alpha value is -1.75. The Labute approximate surface area is 113 Å². The molecule has 106 valence electrons. The minimum absolute atomic E-state index is 0.0652. The SMILES string of the molecule is CCCCC(CN)NC(=O)c1cc(OC)ccc1O. The predicted molar refractivity (Wildman–Crippen MR) is 74.5 cm³/mol. The van der Waals surface area contributed by atoms with Gasteiger partial charge in [-0.3, -0.25) is 4.79 Å². The molecule has 0 aliphatic carbocycles. The van der Waals surface area contributed by atoms with Gasteiger partial charge in [0.15, 0.2) is 0 Å². The van der Waals surface area contributed by atoms with E-state index in [4.69, 9.17) is 10.5 Å². The highest BCUT2D eigenvalue weighted by Crippen LogP contribution is 2.22. The number of hydrogen-bond acceptors (Lipinski definition) is 4. The molecule has 0 aromatic heterocycles. The van der Waals surface area contributed by atoms with Crippen LogP contribution in [0.5, 0.6) is 11.5 Å². The molecule has 1 unspecified atom stereocenters. The maximum Gasteiger partial charge on any atom is 0.255 e. The lowest BCUT2D eigenvalue weighted by atomic mass is 10.1. The fourth-order valence-electron chi connectivity index (χ4n) is 1.79. The Bertz CT molecular complexity index is 421. The van der Waals surface area contributed by atoms with E-state index in [-0.39, 0.29) is 23.3 Å². The molecule has 0 saturated carbocycles. The number of benzene rings is 1. The first kappa shape index (κ1) is 15.3. The zero-order valence-electron chi connectivity index (χ0n) is 11.5. The molecule has 0 spiro atoms. The molecule has 1 amide bonds. The van der Waals surface area contributed by atoms with Crippen LogP contribution in [0.4, 0.5) is 0 Å².